The Hall–Kier alpha value is -1.76. The molecule has 0 aromatic heterocycles. The molecule has 170 valence electrons. The van der Waals surface area contributed by atoms with E-state index < -0.39 is 41.7 Å². The largest absolute Gasteiger partial charge is 0.451 e. The van der Waals surface area contributed by atoms with Gasteiger partial charge in [-0.3, -0.25) is 4.79 Å². The summed E-state index contributed by atoms with van der Waals surface area (Å²) in [4.78, 5) is 26.9. The minimum absolute atomic E-state index is 0.0284. The molecule has 0 saturated heterocycles. The number of rotatable bonds is 3. The van der Waals surface area contributed by atoms with Crippen molar-refractivity contribution in [3.63, 3.8) is 0 Å². The highest BCUT2D eigenvalue weighted by Crippen LogP contribution is 2.71. The van der Waals surface area contributed by atoms with E-state index in [-0.39, 0.29) is 28.6 Å². The van der Waals surface area contributed by atoms with Crippen LogP contribution in [0.25, 0.3) is 0 Å². The second-order valence-corrected chi connectivity index (χ2v) is 10.6. The van der Waals surface area contributed by atoms with Crippen molar-refractivity contribution in [2.24, 2.45) is 34.5 Å². The molecule has 2 saturated carbocycles. The summed E-state index contributed by atoms with van der Waals surface area (Å²) in [6.45, 7) is 10.8. The quantitative estimate of drug-likeness (QED) is 0.361. The van der Waals surface area contributed by atoms with E-state index in [1.807, 2.05) is 6.92 Å². The zero-order valence-corrected chi connectivity index (χ0v) is 19.2. The van der Waals surface area contributed by atoms with Gasteiger partial charge in [0.25, 0.3) is 0 Å². The van der Waals surface area contributed by atoms with Crippen LogP contribution in [0.4, 0.5) is 0 Å². The number of hydrogen-bond acceptors (Lipinski definition) is 6. The number of hydrogen-bond donors (Lipinski definition) is 3. The van der Waals surface area contributed by atoms with Crippen LogP contribution >= 0.6 is 0 Å². The van der Waals surface area contributed by atoms with Crippen LogP contribution in [-0.2, 0) is 14.3 Å². The summed E-state index contributed by atoms with van der Waals surface area (Å²) in [5, 5.41) is 33.7. The summed E-state index contributed by atoms with van der Waals surface area (Å²) in [7, 11) is 0. The van der Waals surface area contributed by atoms with Gasteiger partial charge in [0.05, 0.1) is 12.0 Å². The number of esters is 1. The number of fused-ring (bicyclic) bond motifs is 3. The summed E-state index contributed by atoms with van der Waals surface area (Å²) in [6, 6.07) is 0. The highest BCUT2D eigenvalue weighted by atomic mass is 16.6. The number of carbonyl (C=O) groups excluding carboxylic acids is 2. The fourth-order valence-corrected chi connectivity index (χ4v) is 6.89. The van der Waals surface area contributed by atoms with Crippen molar-refractivity contribution in [2.45, 2.75) is 65.8 Å². The van der Waals surface area contributed by atoms with Crippen molar-refractivity contribution in [1.29, 1.82) is 0 Å². The topological polar surface area (TPSA) is 104 Å². The summed E-state index contributed by atoms with van der Waals surface area (Å²) in [5.41, 5.74) is -2.40. The van der Waals surface area contributed by atoms with E-state index in [1.54, 1.807) is 39.0 Å². The van der Waals surface area contributed by atoms with Gasteiger partial charge in [-0.05, 0) is 61.5 Å². The third-order valence-corrected chi connectivity index (χ3v) is 8.88. The predicted octanol–water partition coefficient (Wildman–Crippen LogP) is 2.33. The molecule has 2 fully saturated rings. The van der Waals surface area contributed by atoms with Gasteiger partial charge in [0, 0.05) is 11.5 Å². The molecule has 0 aromatic carbocycles. The second kappa shape index (κ2) is 6.87. The number of allylic oxidation sites excluding steroid dienone is 2. The molecule has 2 bridgehead atoms. The smallest absolute Gasteiger partial charge is 0.334 e. The molecule has 0 aliphatic heterocycles. The van der Waals surface area contributed by atoms with Crippen LogP contribution in [0, 0.1) is 34.5 Å². The maximum absolute atomic E-state index is 14.2. The second-order valence-electron chi connectivity index (χ2n) is 10.6. The summed E-state index contributed by atoms with van der Waals surface area (Å²) >= 11 is 0. The van der Waals surface area contributed by atoms with E-state index in [9.17, 15) is 24.9 Å². The zero-order chi connectivity index (χ0) is 23.1. The molecule has 0 aromatic rings. The molecule has 6 heteroatoms. The van der Waals surface area contributed by atoms with Crippen LogP contribution in [0.3, 0.4) is 0 Å². The third kappa shape index (κ3) is 2.61. The minimum atomic E-state index is -2.08. The first-order chi connectivity index (χ1) is 14.4. The van der Waals surface area contributed by atoms with E-state index >= 15 is 0 Å². The van der Waals surface area contributed by atoms with E-state index in [0.717, 1.165) is 6.42 Å². The van der Waals surface area contributed by atoms with E-state index in [0.29, 0.717) is 17.1 Å². The highest BCUT2D eigenvalue weighted by Gasteiger charge is 2.76. The number of aliphatic hydroxyl groups is 3. The number of ketones is 1. The molecule has 3 N–H and O–H groups in total. The van der Waals surface area contributed by atoms with Gasteiger partial charge in [-0.15, -0.1) is 0 Å². The van der Waals surface area contributed by atoms with Crippen LogP contribution in [-0.4, -0.2) is 51.5 Å². The first kappa shape index (κ1) is 22.4. The van der Waals surface area contributed by atoms with Gasteiger partial charge in [-0.2, -0.15) is 0 Å². The van der Waals surface area contributed by atoms with Gasteiger partial charge in [-0.1, -0.05) is 39.0 Å². The Bertz CT molecular complexity index is 926. The lowest BCUT2D eigenvalue weighted by atomic mass is 9.59. The maximum Gasteiger partial charge on any atom is 0.334 e. The van der Waals surface area contributed by atoms with Gasteiger partial charge in [-0.25, -0.2) is 4.79 Å². The molecular formula is C25H34O6. The van der Waals surface area contributed by atoms with Gasteiger partial charge < -0.3 is 20.1 Å². The van der Waals surface area contributed by atoms with Gasteiger partial charge in [0.1, 0.15) is 6.10 Å². The Balaban J connectivity index is 1.96. The van der Waals surface area contributed by atoms with Crippen LogP contribution in [0.1, 0.15) is 48.0 Å². The van der Waals surface area contributed by atoms with E-state index in [1.165, 1.54) is 0 Å². The average molecular weight is 431 g/mol. The zero-order valence-electron chi connectivity index (χ0n) is 19.2. The molecule has 1 spiro atoms. The summed E-state index contributed by atoms with van der Waals surface area (Å²) < 4.78 is 5.77. The van der Waals surface area contributed by atoms with E-state index in [4.69, 9.17) is 4.74 Å². The van der Waals surface area contributed by atoms with Crippen LogP contribution < -0.4 is 0 Å². The Morgan fingerprint density at radius 1 is 1.35 bits per heavy atom. The molecule has 6 nitrogen and oxygen atoms in total. The van der Waals surface area contributed by atoms with E-state index in [2.05, 4.69) is 13.8 Å². The lowest BCUT2D eigenvalue weighted by Gasteiger charge is -2.49. The lowest BCUT2D eigenvalue weighted by Crippen LogP contribution is -2.66. The maximum atomic E-state index is 14.2. The highest BCUT2D eigenvalue weighted by molar-refractivity contribution is 5.95. The fourth-order valence-electron chi connectivity index (χ4n) is 6.89. The number of carbonyl (C=O) groups is 2. The molecular weight excluding hydrogens is 396 g/mol. The average Bonchev–Trinajstić information content (AvgIpc) is 3.23. The van der Waals surface area contributed by atoms with Crippen molar-refractivity contribution in [1.82, 2.24) is 0 Å². The van der Waals surface area contributed by atoms with Crippen molar-refractivity contribution in [2.75, 3.05) is 6.61 Å². The summed E-state index contributed by atoms with van der Waals surface area (Å²) in [5.74, 6) is -1.18. The molecule has 4 aliphatic carbocycles. The van der Waals surface area contributed by atoms with Crippen LogP contribution in [0.5, 0.6) is 0 Å². The first-order valence-corrected chi connectivity index (χ1v) is 11.2. The Morgan fingerprint density at radius 3 is 2.58 bits per heavy atom. The van der Waals surface area contributed by atoms with Crippen molar-refractivity contribution in [3.05, 3.63) is 34.9 Å². The third-order valence-electron chi connectivity index (χ3n) is 8.88. The van der Waals surface area contributed by atoms with Crippen molar-refractivity contribution < 1.29 is 29.6 Å². The Kier molecular flexibility index (Phi) is 4.97. The molecule has 3 unspecified atom stereocenters. The lowest BCUT2D eigenvalue weighted by molar-refractivity contribution is -0.202. The predicted molar refractivity (Wildman–Crippen MR) is 115 cm³/mol. The fraction of sp³-hybridized carbons (Fsp3) is 0.680. The van der Waals surface area contributed by atoms with Crippen LogP contribution in [0.2, 0.25) is 0 Å². The molecule has 4 rings (SSSR count). The molecule has 31 heavy (non-hydrogen) atoms. The number of ether oxygens (including phenoxy) is 1. The molecule has 0 heterocycles. The van der Waals surface area contributed by atoms with Crippen LogP contribution in [0.15, 0.2) is 34.9 Å². The molecule has 8 atom stereocenters. The Morgan fingerprint density at radius 2 is 2.00 bits per heavy atom. The number of Topliss-reactive ketones (excluding diaryl/α,β-unsaturated/α-hetero) is 1. The van der Waals surface area contributed by atoms with Crippen molar-refractivity contribution in [3.8, 4) is 0 Å². The summed E-state index contributed by atoms with van der Waals surface area (Å²) in [6.07, 6.45) is 3.04. The van der Waals surface area contributed by atoms with Gasteiger partial charge >= 0.3 is 5.97 Å². The van der Waals surface area contributed by atoms with Gasteiger partial charge in [0.2, 0.25) is 0 Å². The normalized spacial score (nSPS) is 45.6. The standard InChI is InChI=1S/C25H34O6/c1-7-12(2)22(29)31-21-15(11-26)9-16-18-17(23(18,5)6)8-14(4)24(20(16)28)10-13(3)19(27)25(21,24)30/h7,9-10,14,16-19,21,26-27,30H,8,11H2,1-6H3/b12-7-/t14?,16-,17?,18?,19-,21+,24-,25+/m0/s1. The van der Waals surface area contributed by atoms with Crippen molar-refractivity contribution >= 4 is 11.8 Å². The van der Waals surface area contributed by atoms with Gasteiger partial charge in [0.15, 0.2) is 17.5 Å². The number of aliphatic hydroxyl groups excluding tert-OH is 2. The molecule has 0 amide bonds. The first-order valence-electron chi connectivity index (χ1n) is 11.2. The minimum Gasteiger partial charge on any atom is -0.451 e. The monoisotopic (exact) mass is 430 g/mol. The SMILES string of the molecule is C/C=C(/C)C(=O)O[C@@H]1C(CO)=C[C@@H]2C(=O)[C@]3(C=C(C)[C@H](O)[C@@]13O)C(C)CC1C2C1(C)C. The molecule has 4 aliphatic rings. The molecule has 0 radical (unpaired) electrons. The Labute approximate surface area is 183 Å².